The van der Waals surface area contributed by atoms with Crippen molar-refractivity contribution in [3.8, 4) is 0 Å². The lowest BCUT2D eigenvalue weighted by molar-refractivity contribution is -0.385. The van der Waals surface area contributed by atoms with Gasteiger partial charge in [0, 0.05) is 36.2 Å². The van der Waals surface area contributed by atoms with Crippen LogP contribution in [0.5, 0.6) is 0 Å². The summed E-state index contributed by atoms with van der Waals surface area (Å²) in [4.78, 5) is 44.2. The average molecular weight is 417 g/mol. The molecule has 9 heteroatoms. The number of likely N-dealkylation sites (tertiary alicyclic amines) is 1. The molecule has 1 unspecified atom stereocenters. The maximum absolute atomic E-state index is 13.0. The third-order valence-corrected chi connectivity index (χ3v) is 6.16. The number of thiazole rings is 1. The van der Waals surface area contributed by atoms with Crippen molar-refractivity contribution in [1.82, 2.24) is 14.8 Å². The highest BCUT2D eigenvalue weighted by molar-refractivity contribution is 7.09. The molecule has 2 heterocycles. The van der Waals surface area contributed by atoms with Crippen LogP contribution in [0.3, 0.4) is 0 Å². The molecule has 1 atom stereocenters. The number of nitrogens with zero attached hydrogens (tertiary/aromatic N) is 4. The summed E-state index contributed by atoms with van der Waals surface area (Å²) in [7, 11) is 1.73. The van der Waals surface area contributed by atoms with E-state index in [1.165, 1.54) is 18.2 Å². The molecule has 0 saturated carbocycles. The largest absolute Gasteiger partial charge is 0.338 e. The fourth-order valence-electron chi connectivity index (χ4n) is 3.58. The third-order valence-electron chi connectivity index (χ3n) is 5.12. The minimum Gasteiger partial charge on any atom is -0.338 e. The molecule has 0 bridgehead atoms. The summed E-state index contributed by atoms with van der Waals surface area (Å²) in [5.41, 5.74) is 1.62. The molecular weight excluding hydrogens is 392 g/mol. The molecular formula is C20H24N4O4S. The van der Waals surface area contributed by atoms with E-state index in [-0.39, 0.29) is 17.5 Å². The quantitative estimate of drug-likeness (QED) is 0.532. The van der Waals surface area contributed by atoms with Crippen molar-refractivity contribution in [1.29, 1.82) is 0 Å². The highest BCUT2D eigenvalue weighted by atomic mass is 32.1. The molecule has 3 rings (SSSR count). The molecule has 1 aromatic heterocycles. The minimum absolute atomic E-state index is 0.0231. The van der Waals surface area contributed by atoms with E-state index in [0.717, 1.165) is 23.5 Å². The normalized spacial score (nSPS) is 16.1. The third kappa shape index (κ3) is 4.45. The predicted octanol–water partition coefficient (Wildman–Crippen LogP) is 3.19. The van der Waals surface area contributed by atoms with Crippen LogP contribution in [0, 0.1) is 17.0 Å². The number of rotatable bonds is 6. The second-order valence-electron chi connectivity index (χ2n) is 7.20. The number of amides is 2. The Hall–Kier alpha value is -2.81. The first-order valence-corrected chi connectivity index (χ1v) is 10.4. The number of nitro groups is 1. The zero-order valence-corrected chi connectivity index (χ0v) is 17.6. The maximum atomic E-state index is 13.0. The molecule has 1 aromatic carbocycles. The van der Waals surface area contributed by atoms with Crippen LogP contribution in [0.2, 0.25) is 0 Å². The fourth-order valence-corrected chi connectivity index (χ4v) is 4.32. The second-order valence-corrected chi connectivity index (χ2v) is 8.14. The standard InChI is InChI=1S/C20H24N4O4S/c1-4-18-21-15(12-29-18)11-22(3)20(26)17-6-5-9-23(17)19(25)14-7-8-16(24(27)28)13(2)10-14/h7-8,10,12,17H,4-6,9,11H2,1-3H3. The fraction of sp³-hybridized carbons (Fsp3) is 0.450. The van der Waals surface area contributed by atoms with Gasteiger partial charge in [-0.1, -0.05) is 6.92 Å². The second kappa shape index (κ2) is 8.69. The Morgan fingerprint density at radius 2 is 2.17 bits per heavy atom. The van der Waals surface area contributed by atoms with E-state index in [4.69, 9.17) is 0 Å². The Balaban J connectivity index is 1.72. The van der Waals surface area contributed by atoms with Gasteiger partial charge in [-0.15, -0.1) is 11.3 Å². The van der Waals surface area contributed by atoms with Crippen LogP contribution >= 0.6 is 11.3 Å². The molecule has 2 aromatic rings. The van der Waals surface area contributed by atoms with Gasteiger partial charge in [0.2, 0.25) is 5.91 Å². The van der Waals surface area contributed by atoms with Crippen molar-refractivity contribution >= 4 is 28.8 Å². The zero-order valence-electron chi connectivity index (χ0n) is 16.8. The number of aryl methyl sites for hydroxylation is 2. The molecule has 1 fully saturated rings. The smallest absolute Gasteiger partial charge is 0.272 e. The van der Waals surface area contributed by atoms with Gasteiger partial charge < -0.3 is 9.80 Å². The van der Waals surface area contributed by atoms with Gasteiger partial charge >= 0.3 is 0 Å². The molecule has 0 radical (unpaired) electrons. The van der Waals surface area contributed by atoms with Crippen molar-refractivity contribution in [2.24, 2.45) is 0 Å². The van der Waals surface area contributed by atoms with Crippen molar-refractivity contribution in [2.45, 2.75) is 45.7 Å². The zero-order chi connectivity index (χ0) is 21.1. The lowest BCUT2D eigenvalue weighted by atomic mass is 10.1. The number of hydrogen-bond acceptors (Lipinski definition) is 6. The van der Waals surface area contributed by atoms with E-state index < -0.39 is 11.0 Å². The van der Waals surface area contributed by atoms with Crippen LogP contribution in [0.15, 0.2) is 23.6 Å². The Labute approximate surface area is 173 Å². The molecule has 1 saturated heterocycles. The van der Waals surface area contributed by atoms with Crippen molar-refractivity contribution in [2.75, 3.05) is 13.6 Å². The number of likely N-dealkylation sites (N-methyl/N-ethyl adjacent to an activating group) is 1. The van der Waals surface area contributed by atoms with Gasteiger partial charge in [-0.3, -0.25) is 19.7 Å². The van der Waals surface area contributed by atoms with Crippen LogP contribution in [0.25, 0.3) is 0 Å². The lowest BCUT2D eigenvalue weighted by Gasteiger charge is -2.28. The highest BCUT2D eigenvalue weighted by Gasteiger charge is 2.36. The Bertz CT molecular complexity index is 942. The van der Waals surface area contributed by atoms with Crippen LogP contribution in [0.4, 0.5) is 5.69 Å². The van der Waals surface area contributed by atoms with E-state index >= 15 is 0 Å². The molecule has 8 nitrogen and oxygen atoms in total. The highest BCUT2D eigenvalue weighted by Crippen LogP contribution is 2.25. The molecule has 2 amide bonds. The topological polar surface area (TPSA) is 96.7 Å². The van der Waals surface area contributed by atoms with Gasteiger partial charge in [-0.25, -0.2) is 4.98 Å². The molecule has 1 aliphatic heterocycles. The SMILES string of the molecule is CCc1nc(CN(C)C(=O)C2CCCN2C(=O)c2ccc([N+](=O)[O-])c(C)c2)cs1. The van der Waals surface area contributed by atoms with Crippen LogP contribution < -0.4 is 0 Å². The van der Waals surface area contributed by atoms with Gasteiger partial charge in [0.05, 0.1) is 22.2 Å². The van der Waals surface area contributed by atoms with Crippen molar-refractivity contribution in [3.63, 3.8) is 0 Å². The Morgan fingerprint density at radius 1 is 1.41 bits per heavy atom. The number of aromatic nitrogens is 1. The Kier molecular flexibility index (Phi) is 6.26. The van der Waals surface area contributed by atoms with E-state index in [9.17, 15) is 19.7 Å². The van der Waals surface area contributed by atoms with Crippen LogP contribution in [-0.4, -0.2) is 51.2 Å². The number of benzene rings is 1. The van der Waals surface area contributed by atoms with E-state index in [0.29, 0.717) is 30.6 Å². The summed E-state index contributed by atoms with van der Waals surface area (Å²) >= 11 is 1.58. The maximum Gasteiger partial charge on any atom is 0.272 e. The first-order valence-electron chi connectivity index (χ1n) is 9.56. The van der Waals surface area contributed by atoms with Gasteiger partial charge in [0.25, 0.3) is 11.6 Å². The molecule has 0 aliphatic carbocycles. The van der Waals surface area contributed by atoms with E-state index in [1.807, 2.05) is 12.3 Å². The summed E-state index contributed by atoms with van der Waals surface area (Å²) in [6.45, 7) is 4.55. The van der Waals surface area contributed by atoms with Crippen LogP contribution in [0.1, 0.15) is 46.4 Å². The summed E-state index contributed by atoms with van der Waals surface area (Å²) < 4.78 is 0. The van der Waals surface area contributed by atoms with Gasteiger partial charge in [0.1, 0.15) is 6.04 Å². The number of carbonyl (C=O) groups is 2. The van der Waals surface area contributed by atoms with E-state index in [2.05, 4.69) is 4.98 Å². The molecule has 1 aliphatic rings. The number of hydrogen-bond donors (Lipinski definition) is 0. The summed E-state index contributed by atoms with van der Waals surface area (Å²) in [6.07, 6.45) is 2.22. The number of carbonyl (C=O) groups excluding carboxylic acids is 2. The van der Waals surface area contributed by atoms with Crippen LogP contribution in [-0.2, 0) is 17.8 Å². The van der Waals surface area contributed by atoms with Crippen molar-refractivity contribution in [3.05, 3.63) is 55.5 Å². The summed E-state index contributed by atoms with van der Waals surface area (Å²) in [5, 5.41) is 14.0. The number of nitro benzene ring substituents is 1. The van der Waals surface area contributed by atoms with Gasteiger partial charge in [-0.05, 0) is 38.3 Å². The van der Waals surface area contributed by atoms with E-state index in [1.54, 1.807) is 35.1 Å². The monoisotopic (exact) mass is 416 g/mol. The van der Waals surface area contributed by atoms with Gasteiger partial charge in [0.15, 0.2) is 0 Å². The van der Waals surface area contributed by atoms with Gasteiger partial charge in [-0.2, -0.15) is 0 Å². The molecule has 0 N–H and O–H groups in total. The van der Waals surface area contributed by atoms with Crippen molar-refractivity contribution < 1.29 is 14.5 Å². The molecule has 29 heavy (non-hydrogen) atoms. The average Bonchev–Trinajstić information content (AvgIpc) is 3.35. The minimum atomic E-state index is -0.521. The lowest BCUT2D eigenvalue weighted by Crippen LogP contribution is -2.46. The summed E-state index contributed by atoms with van der Waals surface area (Å²) in [6, 6.07) is 3.80. The predicted molar refractivity (Wildman–Crippen MR) is 110 cm³/mol. The Morgan fingerprint density at radius 3 is 2.79 bits per heavy atom. The molecule has 154 valence electrons. The first-order chi connectivity index (χ1) is 13.8. The first kappa shape index (κ1) is 20.9. The summed E-state index contributed by atoms with van der Waals surface area (Å²) in [5.74, 6) is -0.380. The molecule has 0 spiro atoms.